The van der Waals surface area contributed by atoms with Crippen LogP contribution in [0.4, 0.5) is 5.69 Å². The highest BCUT2D eigenvalue weighted by Gasteiger charge is 2.22. The summed E-state index contributed by atoms with van der Waals surface area (Å²) in [4.78, 5) is 28.4. The van der Waals surface area contributed by atoms with Crippen molar-refractivity contribution in [2.45, 2.75) is 33.3 Å². The molecule has 0 aliphatic rings. The summed E-state index contributed by atoms with van der Waals surface area (Å²) in [6.07, 6.45) is 0.890. The molecule has 0 fully saturated rings. The first-order valence-electron chi connectivity index (χ1n) is 7.61. The van der Waals surface area contributed by atoms with Crippen LogP contribution in [0, 0.1) is 13.8 Å². The molecule has 0 aliphatic heterocycles. The number of hydrogen-bond donors (Lipinski definition) is 1. The summed E-state index contributed by atoms with van der Waals surface area (Å²) in [5.74, 6) is -0.970. The van der Waals surface area contributed by atoms with E-state index in [-0.39, 0.29) is 16.6 Å². The SMILES string of the molecule is CCC(OC(=O)c1ccnc(Cl)c1)C(=O)Nc1cc(C)ccc1C. The predicted molar refractivity (Wildman–Crippen MR) is 93.3 cm³/mol. The summed E-state index contributed by atoms with van der Waals surface area (Å²) in [6, 6.07) is 8.67. The fourth-order valence-corrected chi connectivity index (χ4v) is 2.31. The van der Waals surface area contributed by atoms with Crippen molar-refractivity contribution in [2.24, 2.45) is 0 Å². The van der Waals surface area contributed by atoms with Gasteiger partial charge in [0.1, 0.15) is 5.15 Å². The summed E-state index contributed by atoms with van der Waals surface area (Å²) in [5, 5.41) is 3.01. The largest absolute Gasteiger partial charge is 0.449 e. The molecule has 2 aromatic rings. The van der Waals surface area contributed by atoms with Gasteiger partial charge < -0.3 is 10.1 Å². The smallest absolute Gasteiger partial charge is 0.339 e. The number of carbonyl (C=O) groups excluding carboxylic acids is 2. The van der Waals surface area contributed by atoms with E-state index in [0.717, 1.165) is 11.1 Å². The number of esters is 1. The van der Waals surface area contributed by atoms with Crippen LogP contribution in [-0.2, 0) is 9.53 Å². The topological polar surface area (TPSA) is 68.3 Å². The predicted octanol–water partition coefficient (Wildman–Crippen LogP) is 3.93. The second kappa shape index (κ2) is 7.93. The minimum atomic E-state index is -0.885. The number of anilines is 1. The lowest BCUT2D eigenvalue weighted by Crippen LogP contribution is -2.32. The van der Waals surface area contributed by atoms with Crippen molar-refractivity contribution < 1.29 is 14.3 Å². The number of amides is 1. The number of benzene rings is 1. The van der Waals surface area contributed by atoms with Crippen molar-refractivity contribution in [3.05, 3.63) is 58.4 Å². The third-order valence-electron chi connectivity index (χ3n) is 3.53. The van der Waals surface area contributed by atoms with E-state index >= 15 is 0 Å². The Labute approximate surface area is 146 Å². The van der Waals surface area contributed by atoms with Gasteiger partial charge >= 0.3 is 5.97 Å². The van der Waals surface area contributed by atoms with Crippen LogP contribution >= 0.6 is 11.6 Å². The van der Waals surface area contributed by atoms with Crippen molar-refractivity contribution in [1.29, 1.82) is 0 Å². The second-order valence-electron chi connectivity index (χ2n) is 5.48. The zero-order chi connectivity index (χ0) is 17.7. The van der Waals surface area contributed by atoms with E-state index in [4.69, 9.17) is 16.3 Å². The number of carbonyl (C=O) groups is 2. The molecule has 24 heavy (non-hydrogen) atoms. The van der Waals surface area contributed by atoms with Gasteiger partial charge in [0.05, 0.1) is 5.56 Å². The van der Waals surface area contributed by atoms with Crippen LogP contribution in [0.25, 0.3) is 0 Å². The lowest BCUT2D eigenvalue weighted by molar-refractivity contribution is -0.124. The molecule has 0 saturated carbocycles. The third-order valence-corrected chi connectivity index (χ3v) is 3.73. The molecule has 0 spiro atoms. The van der Waals surface area contributed by atoms with Gasteiger partial charge in [0.25, 0.3) is 5.91 Å². The van der Waals surface area contributed by atoms with Gasteiger partial charge in [-0.25, -0.2) is 9.78 Å². The first-order valence-corrected chi connectivity index (χ1v) is 7.99. The van der Waals surface area contributed by atoms with Crippen molar-refractivity contribution in [1.82, 2.24) is 4.98 Å². The van der Waals surface area contributed by atoms with Crippen LogP contribution in [0.2, 0.25) is 5.15 Å². The molecule has 6 heteroatoms. The van der Waals surface area contributed by atoms with Crippen LogP contribution in [0.5, 0.6) is 0 Å². The number of rotatable bonds is 5. The fraction of sp³-hybridized carbons (Fsp3) is 0.278. The monoisotopic (exact) mass is 346 g/mol. The molecule has 0 radical (unpaired) electrons. The summed E-state index contributed by atoms with van der Waals surface area (Å²) in [7, 11) is 0. The molecule has 2 rings (SSSR count). The molecule has 0 aliphatic carbocycles. The maximum atomic E-state index is 12.4. The van der Waals surface area contributed by atoms with Gasteiger partial charge in [0.15, 0.2) is 6.10 Å². The van der Waals surface area contributed by atoms with Crippen molar-refractivity contribution in [2.75, 3.05) is 5.32 Å². The zero-order valence-corrected chi connectivity index (χ0v) is 14.6. The quantitative estimate of drug-likeness (QED) is 0.658. The summed E-state index contributed by atoms with van der Waals surface area (Å²) in [6.45, 7) is 5.63. The molecule has 5 nitrogen and oxygen atoms in total. The highest BCUT2D eigenvalue weighted by atomic mass is 35.5. The molecule has 1 heterocycles. The van der Waals surface area contributed by atoms with E-state index in [0.29, 0.717) is 12.1 Å². The van der Waals surface area contributed by atoms with Gasteiger partial charge in [-0.2, -0.15) is 0 Å². The maximum Gasteiger partial charge on any atom is 0.339 e. The first-order chi connectivity index (χ1) is 11.4. The van der Waals surface area contributed by atoms with Gasteiger partial charge in [-0.3, -0.25) is 4.79 Å². The standard InChI is InChI=1S/C18H19ClN2O3/c1-4-15(24-18(23)13-7-8-20-16(19)10-13)17(22)21-14-9-11(2)5-6-12(14)3/h5-10,15H,4H2,1-3H3,(H,21,22). The number of nitrogens with one attached hydrogen (secondary N) is 1. The second-order valence-corrected chi connectivity index (χ2v) is 5.86. The molecular formula is C18H19ClN2O3. The Bertz CT molecular complexity index is 762. The summed E-state index contributed by atoms with van der Waals surface area (Å²) >= 11 is 5.76. The third kappa shape index (κ3) is 4.55. The molecule has 1 atom stereocenters. The van der Waals surface area contributed by atoms with Crippen molar-refractivity contribution >= 4 is 29.2 Å². The van der Waals surface area contributed by atoms with E-state index in [1.54, 1.807) is 6.92 Å². The number of nitrogens with zero attached hydrogens (tertiary/aromatic N) is 1. The molecule has 0 bridgehead atoms. The molecule has 126 valence electrons. The lowest BCUT2D eigenvalue weighted by atomic mass is 10.1. The van der Waals surface area contributed by atoms with Crippen LogP contribution in [0.3, 0.4) is 0 Å². The zero-order valence-electron chi connectivity index (χ0n) is 13.8. The van der Waals surface area contributed by atoms with Gasteiger partial charge in [0.2, 0.25) is 0 Å². The van der Waals surface area contributed by atoms with Crippen LogP contribution < -0.4 is 5.32 Å². The lowest BCUT2D eigenvalue weighted by Gasteiger charge is -2.17. The Morgan fingerprint density at radius 3 is 2.67 bits per heavy atom. The molecule has 1 amide bonds. The minimum Gasteiger partial charge on any atom is -0.449 e. The van der Waals surface area contributed by atoms with Crippen LogP contribution in [-0.4, -0.2) is 23.0 Å². The van der Waals surface area contributed by atoms with Gasteiger partial charge in [-0.05, 0) is 49.6 Å². The fourth-order valence-electron chi connectivity index (χ4n) is 2.13. The minimum absolute atomic E-state index is 0.192. The van der Waals surface area contributed by atoms with Crippen molar-refractivity contribution in [3.8, 4) is 0 Å². The Hall–Kier alpha value is -2.40. The first kappa shape index (κ1) is 17.9. The highest BCUT2D eigenvalue weighted by Crippen LogP contribution is 2.18. The summed E-state index contributed by atoms with van der Waals surface area (Å²) in [5.41, 5.74) is 2.94. The normalized spacial score (nSPS) is 11.7. The molecule has 1 aromatic carbocycles. The molecular weight excluding hydrogens is 328 g/mol. The van der Waals surface area contributed by atoms with Gasteiger partial charge in [0, 0.05) is 11.9 Å². The number of pyridine rings is 1. The van der Waals surface area contributed by atoms with Crippen LogP contribution in [0.15, 0.2) is 36.5 Å². The molecule has 1 aromatic heterocycles. The summed E-state index contributed by atoms with van der Waals surface area (Å²) < 4.78 is 5.31. The number of halogens is 1. The van der Waals surface area contributed by atoms with Gasteiger partial charge in [-0.15, -0.1) is 0 Å². The van der Waals surface area contributed by atoms with Gasteiger partial charge in [-0.1, -0.05) is 30.7 Å². The Kier molecular flexibility index (Phi) is 5.93. The Morgan fingerprint density at radius 1 is 1.25 bits per heavy atom. The molecule has 1 unspecified atom stereocenters. The van der Waals surface area contributed by atoms with E-state index in [9.17, 15) is 9.59 Å². The average Bonchev–Trinajstić information content (AvgIpc) is 2.55. The van der Waals surface area contributed by atoms with E-state index in [1.165, 1.54) is 18.3 Å². The number of aromatic nitrogens is 1. The maximum absolute atomic E-state index is 12.4. The van der Waals surface area contributed by atoms with Crippen molar-refractivity contribution in [3.63, 3.8) is 0 Å². The average molecular weight is 347 g/mol. The van der Waals surface area contributed by atoms with E-state index in [2.05, 4.69) is 10.3 Å². The Balaban J connectivity index is 2.08. The van der Waals surface area contributed by atoms with Crippen LogP contribution in [0.1, 0.15) is 34.8 Å². The number of hydrogen-bond acceptors (Lipinski definition) is 4. The highest BCUT2D eigenvalue weighted by molar-refractivity contribution is 6.29. The number of aryl methyl sites for hydroxylation is 2. The van der Waals surface area contributed by atoms with E-state index < -0.39 is 12.1 Å². The Morgan fingerprint density at radius 2 is 2.00 bits per heavy atom. The molecule has 1 N–H and O–H groups in total. The van der Waals surface area contributed by atoms with E-state index in [1.807, 2.05) is 32.0 Å². The molecule has 0 saturated heterocycles. The number of ether oxygens (including phenoxy) is 1.